The Labute approximate surface area is 180 Å². The average Bonchev–Trinajstić information content (AvgIpc) is 2.74. The second-order valence-corrected chi connectivity index (χ2v) is 9.86. The monoisotopic (exact) mass is 459 g/mol. The number of carbonyl (C=O) groups excluding carboxylic acids is 2. The molecule has 0 radical (unpaired) electrons. The zero-order valence-electron chi connectivity index (χ0n) is 15.9. The maximum Gasteiger partial charge on any atom is 0.245 e. The molecule has 2 saturated heterocycles. The fraction of sp³-hybridized carbons (Fsp3) is 0.474. The highest BCUT2D eigenvalue weighted by Gasteiger charge is 2.34. The quantitative estimate of drug-likeness (QED) is 0.646. The lowest BCUT2D eigenvalue weighted by molar-refractivity contribution is -0.140. The predicted molar refractivity (Wildman–Crippen MR) is 111 cm³/mol. The topological polar surface area (TPSA) is 78.0 Å². The molecule has 0 bridgehead atoms. The highest BCUT2D eigenvalue weighted by Crippen LogP contribution is 2.27. The summed E-state index contributed by atoms with van der Waals surface area (Å²) in [6.45, 7) is 5.68. The second-order valence-electron chi connectivity index (χ2n) is 7.11. The molecule has 0 spiro atoms. The average molecular weight is 460 g/mol. The Morgan fingerprint density at radius 3 is 2.14 bits per heavy atom. The lowest BCUT2D eigenvalue weighted by atomic mass is 9.95. The smallest absolute Gasteiger partial charge is 0.245 e. The normalized spacial score (nSPS) is 19.2. The number of sulfonamides is 1. The molecule has 0 aliphatic carbocycles. The minimum Gasteiger partial charge on any atom is -0.340 e. The van der Waals surface area contributed by atoms with E-state index in [1.165, 1.54) is 28.6 Å². The molecule has 2 fully saturated rings. The van der Waals surface area contributed by atoms with E-state index in [0.29, 0.717) is 44.0 Å². The van der Waals surface area contributed by atoms with Crippen molar-refractivity contribution in [2.24, 2.45) is 5.92 Å². The van der Waals surface area contributed by atoms with Crippen LogP contribution in [0, 0.1) is 5.92 Å². The zero-order valence-corrected chi connectivity index (χ0v) is 18.2. The Kier molecular flexibility index (Phi) is 6.88. The molecule has 0 atom stereocenters. The molecule has 0 unspecified atom stereocenters. The number of likely N-dealkylation sites (tertiary alicyclic amines) is 1. The van der Waals surface area contributed by atoms with Gasteiger partial charge in [-0.3, -0.25) is 9.59 Å². The van der Waals surface area contributed by atoms with Crippen LogP contribution in [0.2, 0.25) is 10.0 Å². The maximum atomic E-state index is 12.8. The molecule has 0 N–H and O–H groups in total. The number of hydrogen-bond acceptors (Lipinski definition) is 4. The van der Waals surface area contributed by atoms with E-state index in [4.69, 9.17) is 23.2 Å². The number of piperidine rings is 1. The van der Waals surface area contributed by atoms with Gasteiger partial charge in [0.25, 0.3) is 0 Å². The first-order chi connectivity index (χ1) is 13.7. The molecule has 1 aromatic rings. The third kappa shape index (κ3) is 4.77. The van der Waals surface area contributed by atoms with Crippen molar-refractivity contribution in [2.45, 2.75) is 17.7 Å². The Bertz CT molecular complexity index is 906. The van der Waals surface area contributed by atoms with E-state index < -0.39 is 10.0 Å². The molecular formula is C19H23Cl2N3O4S. The number of piperazine rings is 1. The second kappa shape index (κ2) is 9.04. The molecular weight excluding hydrogens is 437 g/mol. The molecule has 2 amide bonds. The van der Waals surface area contributed by atoms with Gasteiger partial charge in [-0.05, 0) is 37.1 Å². The van der Waals surface area contributed by atoms with Gasteiger partial charge >= 0.3 is 0 Å². The number of carbonyl (C=O) groups is 2. The Hall–Kier alpha value is -1.61. The molecule has 2 heterocycles. The van der Waals surface area contributed by atoms with Crippen LogP contribution >= 0.6 is 23.2 Å². The molecule has 0 aromatic heterocycles. The van der Waals surface area contributed by atoms with Gasteiger partial charge in [0.1, 0.15) is 0 Å². The van der Waals surface area contributed by atoms with Crippen LogP contribution in [-0.4, -0.2) is 73.6 Å². The molecule has 3 rings (SSSR count). The van der Waals surface area contributed by atoms with Crippen LogP contribution in [0.1, 0.15) is 12.8 Å². The van der Waals surface area contributed by atoms with Crippen LogP contribution in [0.15, 0.2) is 35.7 Å². The molecule has 10 heteroatoms. The van der Waals surface area contributed by atoms with Crippen LogP contribution in [-0.2, 0) is 19.6 Å². The maximum absolute atomic E-state index is 12.8. The molecule has 0 saturated carbocycles. The van der Waals surface area contributed by atoms with Gasteiger partial charge < -0.3 is 9.80 Å². The van der Waals surface area contributed by atoms with E-state index in [0.717, 1.165) is 0 Å². The molecule has 7 nitrogen and oxygen atoms in total. The largest absolute Gasteiger partial charge is 0.340 e. The highest BCUT2D eigenvalue weighted by atomic mass is 35.5. The first-order valence-electron chi connectivity index (χ1n) is 9.39. The Morgan fingerprint density at radius 2 is 1.59 bits per heavy atom. The Balaban J connectivity index is 1.57. The van der Waals surface area contributed by atoms with Gasteiger partial charge in [-0.15, -0.1) is 0 Å². The fourth-order valence-corrected chi connectivity index (χ4v) is 5.48. The lowest BCUT2D eigenvalue weighted by Gasteiger charge is -2.38. The SMILES string of the molecule is C=CC(=O)N1CCC(C(=O)N2CCN(S(=O)(=O)c3ccc(Cl)c(Cl)c3)CC2)CC1. The van der Waals surface area contributed by atoms with Gasteiger partial charge in [-0.25, -0.2) is 8.42 Å². The third-order valence-corrected chi connectivity index (χ3v) is 8.04. The highest BCUT2D eigenvalue weighted by molar-refractivity contribution is 7.89. The summed E-state index contributed by atoms with van der Waals surface area (Å²) in [6.07, 6.45) is 2.51. The summed E-state index contributed by atoms with van der Waals surface area (Å²) >= 11 is 11.8. The van der Waals surface area contributed by atoms with Gasteiger partial charge in [0.05, 0.1) is 14.9 Å². The van der Waals surface area contributed by atoms with Crippen molar-refractivity contribution in [3.8, 4) is 0 Å². The first-order valence-corrected chi connectivity index (χ1v) is 11.6. The number of rotatable bonds is 4. The lowest BCUT2D eigenvalue weighted by Crippen LogP contribution is -2.53. The summed E-state index contributed by atoms with van der Waals surface area (Å²) in [6, 6.07) is 4.23. The Morgan fingerprint density at radius 1 is 0.966 bits per heavy atom. The van der Waals surface area contributed by atoms with Gasteiger partial charge in [0, 0.05) is 45.2 Å². The van der Waals surface area contributed by atoms with Crippen LogP contribution in [0.4, 0.5) is 0 Å². The molecule has 2 aliphatic rings. The van der Waals surface area contributed by atoms with E-state index in [1.54, 1.807) is 9.80 Å². The van der Waals surface area contributed by atoms with Crippen molar-refractivity contribution < 1.29 is 18.0 Å². The summed E-state index contributed by atoms with van der Waals surface area (Å²) in [5.41, 5.74) is 0. The first kappa shape index (κ1) is 22.1. The van der Waals surface area contributed by atoms with E-state index in [2.05, 4.69) is 6.58 Å². The third-order valence-electron chi connectivity index (χ3n) is 5.41. The van der Waals surface area contributed by atoms with Crippen molar-refractivity contribution in [3.05, 3.63) is 40.9 Å². The van der Waals surface area contributed by atoms with E-state index in [1.807, 2.05) is 0 Å². The van der Waals surface area contributed by atoms with Crippen LogP contribution in [0.25, 0.3) is 0 Å². The standard InChI is InChI=1S/C19H23Cl2N3O4S/c1-2-18(25)22-7-5-14(6-8-22)19(26)23-9-11-24(12-10-23)29(27,28)15-3-4-16(20)17(21)13-15/h2-4,13-14H,1,5-12H2. The van der Waals surface area contributed by atoms with Gasteiger partial charge in [0.2, 0.25) is 21.8 Å². The van der Waals surface area contributed by atoms with Crippen molar-refractivity contribution in [2.75, 3.05) is 39.3 Å². The van der Waals surface area contributed by atoms with Crippen molar-refractivity contribution in [1.29, 1.82) is 0 Å². The number of halogens is 2. The van der Waals surface area contributed by atoms with Gasteiger partial charge in [0.15, 0.2) is 0 Å². The zero-order chi connectivity index (χ0) is 21.2. The molecule has 158 valence electrons. The molecule has 2 aliphatic heterocycles. The summed E-state index contributed by atoms with van der Waals surface area (Å²) in [7, 11) is -3.70. The molecule has 1 aromatic carbocycles. The predicted octanol–water partition coefficient (Wildman–Crippen LogP) is 2.25. The van der Waals surface area contributed by atoms with Crippen molar-refractivity contribution >= 4 is 45.0 Å². The van der Waals surface area contributed by atoms with Gasteiger partial charge in [-0.2, -0.15) is 4.31 Å². The number of nitrogens with zero attached hydrogens (tertiary/aromatic N) is 3. The van der Waals surface area contributed by atoms with Crippen molar-refractivity contribution in [3.63, 3.8) is 0 Å². The van der Waals surface area contributed by atoms with E-state index >= 15 is 0 Å². The number of amides is 2. The minimum atomic E-state index is -3.70. The van der Waals surface area contributed by atoms with E-state index in [-0.39, 0.29) is 40.7 Å². The summed E-state index contributed by atoms with van der Waals surface area (Å²) in [4.78, 5) is 28.0. The van der Waals surface area contributed by atoms with Crippen LogP contribution < -0.4 is 0 Å². The van der Waals surface area contributed by atoms with Gasteiger partial charge in [-0.1, -0.05) is 29.8 Å². The summed E-state index contributed by atoms with van der Waals surface area (Å²) in [5.74, 6) is -0.221. The fourth-order valence-electron chi connectivity index (χ4n) is 3.67. The van der Waals surface area contributed by atoms with Crippen LogP contribution in [0.5, 0.6) is 0 Å². The molecule has 29 heavy (non-hydrogen) atoms. The van der Waals surface area contributed by atoms with Crippen molar-refractivity contribution in [1.82, 2.24) is 14.1 Å². The van der Waals surface area contributed by atoms with Crippen LogP contribution in [0.3, 0.4) is 0 Å². The number of hydrogen-bond donors (Lipinski definition) is 0. The number of benzene rings is 1. The minimum absolute atomic E-state index is 0.0299. The van der Waals surface area contributed by atoms with E-state index in [9.17, 15) is 18.0 Å². The summed E-state index contributed by atoms with van der Waals surface area (Å²) in [5, 5.41) is 0.477. The summed E-state index contributed by atoms with van der Waals surface area (Å²) < 4.78 is 27.0.